The molecule has 0 unspecified atom stereocenters. The Morgan fingerprint density at radius 1 is 1.33 bits per heavy atom. The van der Waals surface area contributed by atoms with E-state index in [0.717, 1.165) is 5.69 Å². The lowest BCUT2D eigenvalue weighted by Crippen LogP contribution is -2.07. The summed E-state index contributed by atoms with van der Waals surface area (Å²) in [5.41, 5.74) is 0.219. The molecule has 0 bridgehead atoms. The van der Waals surface area contributed by atoms with Gasteiger partial charge < -0.3 is 15.2 Å². The van der Waals surface area contributed by atoms with Crippen molar-refractivity contribution in [3.63, 3.8) is 0 Å². The molecule has 0 amide bonds. The third-order valence-electron chi connectivity index (χ3n) is 1.70. The Morgan fingerprint density at radius 3 is 2.33 bits per heavy atom. The zero-order chi connectivity index (χ0) is 13.8. The number of benzene rings is 1. The minimum atomic E-state index is -0.779. The molecule has 1 aromatic carbocycles. The fourth-order valence-electron chi connectivity index (χ4n) is 0.983. The van der Waals surface area contributed by atoms with Crippen molar-refractivity contribution in [1.29, 1.82) is 0 Å². The summed E-state index contributed by atoms with van der Waals surface area (Å²) in [6, 6.07) is 9.54. The fraction of sp³-hybridized carbons (Fsp3) is 0.333. The summed E-state index contributed by atoms with van der Waals surface area (Å²) in [7, 11) is 0. The third kappa shape index (κ3) is 10.8. The van der Waals surface area contributed by atoms with Gasteiger partial charge in [0.05, 0.1) is 13.0 Å². The average Bonchev–Trinajstić information content (AvgIpc) is 2.30. The van der Waals surface area contributed by atoms with Gasteiger partial charge in [0, 0.05) is 23.8 Å². The van der Waals surface area contributed by atoms with Gasteiger partial charge in [-0.3, -0.25) is 4.79 Å². The molecular formula is C12H16ClNO4. The molecule has 0 spiro atoms. The van der Waals surface area contributed by atoms with Gasteiger partial charge in [-0.05, 0) is 19.1 Å². The van der Waals surface area contributed by atoms with E-state index in [2.05, 4.69) is 10.1 Å². The molecule has 18 heavy (non-hydrogen) atoms. The van der Waals surface area contributed by atoms with Crippen LogP contribution >= 0.6 is 11.6 Å². The van der Waals surface area contributed by atoms with Gasteiger partial charge in [-0.1, -0.05) is 18.2 Å². The number of carboxylic acid groups (broad SMARTS) is 1. The Hall–Kier alpha value is -1.75. The summed E-state index contributed by atoms with van der Waals surface area (Å²) < 4.78 is 4.17. The first-order valence-corrected chi connectivity index (χ1v) is 5.77. The van der Waals surface area contributed by atoms with Crippen molar-refractivity contribution in [2.24, 2.45) is 0 Å². The van der Waals surface area contributed by atoms with E-state index in [1.54, 1.807) is 6.92 Å². The molecule has 6 heteroatoms. The number of hydrogen-bond acceptors (Lipinski definition) is 4. The molecule has 0 fully saturated rings. The summed E-state index contributed by atoms with van der Waals surface area (Å²) in [4.78, 5) is 19.7. The number of carbonyl (C=O) groups is 2. The molecule has 0 saturated heterocycles. The predicted octanol–water partition coefficient (Wildman–Crippen LogP) is 2.95. The molecule has 100 valence electrons. The van der Waals surface area contributed by atoms with Crippen LogP contribution in [0.3, 0.4) is 0 Å². The highest BCUT2D eigenvalue weighted by Gasteiger charge is 1.94. The molecular weight excluding hydrogens is 258 g/mol. The highest BCUT2D eigenvalue weighted by Crippen LogP contribution is 2.04. The number of aliphatic carboxylic acids is 1. The van der Waals surface area contributed by atoms with Crippen LogP contribution in [0.1, 0.15) is 13.3 Å². The SMILES string of the molecule is CCOC(=O)Cl.O=C(O)CCNc1ccccc1. The maximum atomic E-state index is 10.1. The molecule has 0 aromatic heterocycles. The summed E-state index contributed by atoms with van der Waals surface area (Å²) >= 11 is 4.72. The van der Waals surface area contributed by atoms with Crippen LogP contribution in [0.2, 0.25) is 0 Å². The highest BCUT2D eigenvalue weighted by molar-refractivity contribution is 6.61. The van der Waals surface area contributed by atoms with Crippen LogP contribution in [0.15, 0.2) is 30.3 Å². The van der Waals surface area contributed by atoms with E-state index in [1.165, 1.54) is 0 Å². The molecule has 0 aliphatic carbocycles. The molecule has 1 aromatic rings. The first kappa shape index (κ1) is 16.2. The monoisotopic (exact) mass is 273 g/mol. The summed E-state index contributed by atoms with van der Waals surface area (Å²) in [6.07, 6.45) is 0.148. The van der Waals surface area contributed by atoms with Gasteiger partial charge in [0.15, 0.2) is 0 Å². The highest BCUT2D eigenvalue weighted by atomic mass is 35.5. The van der Waals surface area contributed by atoms with E-state index < -0.39 is 11.4 Å². The first-order valence-electron chi connectivity index (χ1n) is 5.39. The number of rotatable bonds is 5. The van der Waals surface area contributed by atoms with E-state index in [0.29, 0.717) is 13.2 Å². The second kappa shape index (κ2) is 10.4. The van der Waals surface area contributed by atoms with Crippen LogP contribution in [0, 0.1) is 0 Å². The van der Waals surface area contributed by atoms with Crippen molar-refractivity contribution in [1.82, 2.24) is 0 Å². The standard InChI is InChI=1S/C9H11NO2.C3H5ClO2/c11-9(12)6-7-10-8-4-2-1-3-5-8;1-2-6-3(4)5/h1-5,10H,6-7H2,(H,11,12);2H2,1H3. The molecule has 2 N–H and O–H groups in total. The second-order valence-corrected chi connectivity index (χ2v) is 3.42. The van der Waals surface area contributed by atoms with E-state index in [9.17, 15) is 9.59 Å². The van der Waals surface area contributed by atoms with Gasteiger partial charge in [0.2, 0.25) is 0 Å². The quantitative estimate of drug-likeness (QED) is 0.807. The molecule has 5 nitrogen and oxygen atoms in total. The molecule has 0 saturated carbocycles. The average molecular weight is 274 g/mol. The fourth-order valence-corrected chi connectivity index (χ4v) is 1.09. The summed E-state index contributed by atoms with van der Waals surface area (Å²) in [6.45, 7) is 2.52. The zero-order valence-corrected chi connectivity index (χ0v) is 10.8. The molecule has 0 atom stereocenters. The molecule has 0 aliphatic rings. The Morgan fingerprint density at radius 2 is 1.94 bits per heavy atom. The minimum Gasteiger partial charge on any atom is -0.481 e. The number of para-hydroxylation sites is 1. The van der Waals surface area contributed by atoms with Gasteiger partial charge in [0.25, 0.3) is 0 Å². The maximum absolute atomic E-state index is 10.1. The lowest BCUT2D eigenvalue weighted by Gasteiger charge is -2.02. The van der Waals surface area contributed by atoms with Crippen molar-refractivity contribution in [2.75, 3.05) is 18.5 Å². The molecule has 1 rings (SSSR count). The number of halogens is 1. The normalized spacial score (nSPS) is 8.78. The minimum absolute atomic E-state index is 0.148. The van der Waals surface area contributed by atoms with Crippen molar-refractivity contribution in [3.8, 4) is 0 Å². The van der Waals surface area contributed by atoms with Crippen LogP contribution in [0.25, 0.3) is 0 Å². The van der Waals surface area contributed by atoms with Crippen molar-refractivity contribution in [2.45, 2.75) is 13.3 Å². The van der Waals surface area contributed by atoms with Crippen LogP contribution in [-0.4, -0.2) is 29.7 Å². The Kier molecular flexibility index (Phi) is 9.40. The van der Waals surface area contributed by atoms with Crippen molar-refractivity contribution >= 4 is 28.7 Å². The second-order valence-electron chi connectivity index (χ2n) is 3.11. The van der Waals surface area contributed by atoms with Crippen LogP contribution < -0.4 is 5.32 Å². The van der Waals surface area contributed by atoms with E-state index in [1.807, 2.05) is 30.3 Å². The van der Waals surface area contributed by atoms with Crippen LogP contribution in [0.5, 0.6) is 0 Å². The zero-order valence-electron chi connectivity index (χ0n) is 10.1. The number of carboxylic acids is 1. The Bertz CT molecular complexity index is 356. The van der Waals surface area contributed by atoms with Crippen LogP contribution in [-0.2, 0) is 9.53 Å². The van der Waals surface area contributed by atoms with E-state index in [4.69, 9.17) is 16.7 Å². The van der Waals surface area contributed by atoms with Crippen LogP contribution in [0.4, 0.5) is 10.5 Å². The Labute approximate surface area is 111 Å². The van der Waals surface area contributed by atoms with Gasteiger partial charge in [0.1, 0.15) is 0 Å². The number of nitrogens with one attached hydrogen (secondary N) is 1. The van der Waals surface area contributed by atoms with Gasteiger partial charge >= 0.3 is 11.4 Å². The summed E-state index contributed by atoms with van der Waals surface area (Å²) in [5.74, 6) is -0.779. The van der Waals surface area contributed by atoms with E-state index in [-0.39, 0.29) is 6.42 Å². The smallest absolute Gasteiger partial charge is 0.403 e. The lowest BCUT2D eigenvalue weighted by atomic mass is 10.3. The largest absolute Gasteiger partial charge is 0.481 e. The predicted molar refractivity (Wildman–Crippen MR) is 70.1 cm³/mol. The maximum Gasteiger partial charge on any atom is 0.403 e. The Balaban J connectivity index is 0.000000411. The number of hydrogen-bond donors (Lipinski definition) is 2. The molecule has 0 radical (unpaired) electrons. The summed E-state index contributed by atoms with van der Waals surface area (Å²) in [5, 5.41) is 11.3. The number of carbonyl (C=O) groups excluding carboxylic acids is 1. The van der Waals surface area contributed by atoms with Crippen molar-refractivity contribution < 1.29 is 19.4 Å². The topological polar surface area (TPSA) is 75.6 Å². The van der Waals surface area contributed by atoms with Gasteiger partial charge in [-0.15, -0.1) is 0 Å². The van der Waals surface area contributed by atoms with Gasteiger partial charge in [-0.2, -0.15) is 0 Å². The van der Waals surface area contributed by atoms with Gasteiger partial charge in [-0.25, -0.2) is 4.79 Å². The molecule has 0 heterocycles. The van der Waals surface area contributed by atoms with Crippen molar-refractivity contribution in [3.05, 3.63) is 30.3 Å². The first-order chi connectivity index (χ1) is 8.56. The third-order valence-corrected chi connectivity index (χ3v) is 1.81. The van der Waals surface area contributed by atoms with E-state index >= 15 is 0 Å². The number of ether oxygens (including phenoxy) is 1. The lowest BCUT2D eigenvalue weighted by molar-refractivity contribution is -0.136. The number of anilines is 1. The molecule has 0 aliphatic heterocycles.